The molecule has 0 saturated heterocycles. The smallest absolute Gasteiger partial charge is 0.257 e. The quantitative estimate of drug-likeness (QED) is 0.764. The Hall–Kier alpha value is -1.66. The Morgan fingerprint density at radius 3 is 2.20 bits per heavy atom. The molecule has 0 unspecified atom stereocenters. The molecule has 0 atom stereocenters. The Morgan fingerprint density at radius 1 is 1.08 bits per heavy atom. The van der Waals surface area contributed by atoms with Gasteiger partial charge in [0.05, 0.1) is 4.90 Å². The van der Waals surface area contributed by atoms with Gasteiger partial charge in [0, 0.05) is 11.8 Å². The fourth-order valence-electron chi connectivity index (χ4n) is 3.23. The fourth-order valence-corrected chi connectivity index (χ4v) is 4.36. The zero-order valence-electron chi connectivity index (χ0n) is 15.5. The SMILES string of the molecule is CCCCC1=CC(=O)C(CC)(CC)N1NS(=O)(=O)c1ccc(C)cc1. The van der Waals surface area contributed by atoms with Gasteiger partial charge in [-0.25, -0.2) is 8.42 Å². The molecule has 1 aromatic rings. The van der Waals surface area contributed by atoms with Gasteiger partial charge in [-0.1, -0.05) is 44.9 Å². The lowest BCUT2D eigenvalue weighted by molar-refractivity contribution is -0.124. The maximum absolute atomic E-state index is 12.9. The normalized spacial score (nSPS) is 17.0. The molecule has 0 aliphatic carbocycles. The Balaban J connectivity index is 2.38. The highest BCUT2D eigenvalue weighted by molar-refractivity contribution is 7.89. The van der Waals surface area contributed by atoms with Gasteiger partial charge >= 0.3 is 0 Å². The first-order chi connectivity index (χ1) is 11.8. The molecule has 0 radical (unpaired) electrons. The third-order valence-electron chi connectivity index (χ3n) is 4.97. The summed E-state index contributed by atoms with van der Waals surface area (Å²) in [5.74, 6) is -0.0183. The van der Waals surface area contributed by atoms with E-state index in [0.717, 1.165) is 24.1 Å². The van der Waals surface area contributed by atoms with Gasteiger partial charge in [-0.15, -0.1) is 4.83 Å². The van der Waals surface area contributed by atoms with Gasteiger partial charge in [-0.3, -0.25) is 9.80 Å². The van der Waals surface area contributed by atoms with E-state index in [9.17, 15) is 13.2 Å². The van der Waals surface area contributed by atoms with Gasteiger partial charge in [-0.2, -0.15) is 0 Å². The van der Waals surface area contributed by atoms with E-state index >= 15 is 0 Å². The first kappa shape index (κ1) is 19.7. The van der Waals surface area contributed by atoms with Crippen LogP contribution < -0.4 is 4.83 Å². The third kappa shape index (κ3) is 3.80. The minimum atomic E-state index is -3.75. The maximum Gasteiger partial charge on any atom is 0.257 e. The molecule has 138 valence electrons. The van der Waals surface area contributed by atoms with Crippen LogP contribution >= 0.6 is 0 Å². The summed E-state index contributed by atoms with van der Waals surface area (Å²) in [6.45, 7) is 7.83. The van der Waals surface area contributed by atoms with E-state index in [1.165, 1.54) is 0 Å². The van der Waals surface area contributed by atoms with Crippen molar-refractivity contribution in [2.75, 3.05) is 0 Å². The molecular weight excluding hydrogens is 336 g/mol. The lowest BCUT2D eigenvalue weighted by atomic mass is 9.90. The van der Waals surface area contributed by atoms with Crippen molar-refractivity contribution < 1.29 is 13.2 Å². The summed E-state index contributed by atoms with van der Waals surface area (Å²) in [4.78, 5) is 15.5. The van der Waals surface area contributed by atoms with Crippen LogP contribution in [-0.4, -0.2) is 24.7 Å². The van der Waals surface area contributed by atoms with Crippen molar-refractivity contribution in [2.24, 2.45) is 0 Å². The van der Waals surface area contributed by atoms with Crippen LogP contribution in [-0.2, 0) is 14.8 Å². The standard InChI is InChI=1S/C19H28N2O3S/c1-5-8-9-16-14-18(22)19(6-2,7-3)21(16)20-25(23,24)17-12-10-15(4)11-13-17/h10-14,20H,5-9H2,1-4H3. The van der Waals surface area contributed by atoms with E-state index in [2.05, 4.69) is 11.8 Å². The van der Waals surface area contributed by atoms with Gasteiger partial charge in [0.1, 0.15) is 5.54 Å². The first-order valence-corrected chi connectivity index (χ1v) is 10.4. The third-order valence-corrected chi connectivity index (χ3v) is 6.29. The molecule has 0 amide bonds. The molecule has 0 fully saturated rings. The Labute approximate surface area is 151 Å². The molecule has 5 nitrogen and oxygen atoms in total. The molecule has 25 heavy (non-hydrogen) atoms. The fraction of sp³-hybridized carbons (Fsp3) is 0.526. The molecule has 1 N–H and O–H groups in total. The highest BCUT2D eigenvalue weighted by atomic mass is 32.2. The van der Waals surface area contributed by atoms with E-state index in [-0.39, 0.29) is 10.7 Å². The number of carbonyl (C=O) groups is 1. The van der Waals surface area contributed by atoms with Crippen molar-refractivity contribution in [1.82, 2.24) is 9.84 Å². The molecule has 1 aliphatic rings. The molecule has 0 aromatic heterocycles. The lowest BCUT2D eigenvalue weighted by Gasteiger charge is -2.39. The summed E-state index contributed by atoms with van der Waals surface area (Å²) >= 11 is 0. The van der Waals surface area contributed by atoms with Crippen molar-refractivity contribution in [3.05, 3.63) is 41.6 Å². The zero-order chi connectivity index (χ0) is 18.7. The van der Waals surface area contributed by atoms with Crippen LogP contribution in [0.4, 0.5) is 0 Å². The second-order valence-corrected chi connectivity index (χ2v) is 8.25. The van der Waals surface area contributed by atoms with Crippen LogP contribution in [0.2, 0.25) is 0 Å². The molecule has 6 heteroatoms. The summed E-state index contributed by atoms with van der Waals surface area (Å²) < 4.78 is 25.7. The average molecular weight is 365 g/mol. The summed E-state index contributed by atoms with van der Waals surface area (Å²) in [5.41, 5.74) is 0.919. The Bertz CT molecular complexity index is 747. The zero-order valence-corrected chi connectivity index (χ0v) is 16.3. The number of allylic oxidation sites excluding steroid dienone is 1. The molecular formula is C19H28N2O3S. The number of aryl methyl sites for hydroxylation is 1. The number of hydrazine groups is 1. The first-order valence-electron chi connectivity index (χ1n) is 8.95. The Morgan fingerprint density at radius 2 is 1.68 bits per heavy atom. The molecule has 1 aromatic carbocycles. The summed E-state index contributed by atoms with van der Waals surface area (Å²) in [7, 11) is -3.75. The van der Waals surface area contributed by atoms with E-state index in [1.54, 1.807) is 35.4 Å². The van der Waals surface area contributed by atoms with Crippen molar-refractivity contribution in [2.45, 2.75) is 70.2 Å². The number of ketones is 1. The molecule has 1 heterocycles. The monoisotopic (exact) mass is 364 g/mol. The second-order valence-electron chi connectivity index (χ2n) is 6.59. The summed E-state index contributed by atoms with van der Waals surface area (Å²) in [5, 5.41) is 1.61. The van der Waals surface area contributed by atoms with Crippen molar-refractivity contribution in [3.63, 3.8) is 0 Å². The number of sulfonamides is 1. The molecule has 0 bridgehead atoms. The van der Waals surface area contributed by atoms with Crippen LogP contribution in [0.5, 0.6) is 0 Å². The van der Waals surface area contributed by atoms with Crippen LogP contribution in [0.3, 0.4) is 0 Å². The highest BCUT2D eigenvalue weighted by Gasteiger charge is 2.47. The highest BCUT2D eigenvalue weighted by Crippen LogP contribution is 2.36. The van der Waals surface area contributed by atoms with E-state index < -0.39 is 15.6 Å². The number of carbonyl (C=O) groups excluding carboxylic acids is 1. The number of nitrogens with zero attached hydrogens (tertiary/aromatic N) is 1. The molecule has 1 aliphatic heterocycles. The average Bonchev–Trinajstić information content (AvgIpc) is 2.84. The van der Waals surface area contributed by atoms with Gasteiger partial charge in [0.25, 0.3) is 10.0 Å². The number of unbranched alkanes of at least 4 members (excludes halogenated alkanes) is 1. The molecule has 0 spiro atoms. The Kier molecular flexibility index (Phi) is 6.06. The second kappa shape index (κ2) is 7.70. The van der Waals surface area contributed by atoms with Crippen LogP contribution in [0.1, 0.15) is 58.4 Å². The van der Waals surface area contributed by atoms with Crippen molar-refractivity contribution in [3.8, 4) is 0 Å². The van der Waals surface area contributed by atoms with Gasteiger partial charge < -0.3 is 0 Å². The number of benzene rings is 1. The van der Waals surface area contributed by atoms with Crippen LogP contribution in [0, 0.1) is 6.92 Å². The number of rotatable bonds is 8. The van der Waals surface area contributed by atoms with Gasteiger partial charge in [0.15, 0.2) is 5.78 Å². The molecule has 2 rings (SSSR count). The largest absolute Gasteiger partial charge is 0.292 e. The van der Waals surface area contributed by atoms with Gasteiger partial charge in [-0.05, 0) is 44.7 Å². The maximum atomic E-state index is 12.9. The van der Waals surface area contributed by atoms with Gasteiger partial charge in [0.2, 0.25) is 0 Å². The van der Waals surface area contributed by atoms with E-state index in [0.29, 0.717) is 19.3 Å². The van der Waals surface area contributed by atoms with Crippen molar-refractivity contribution >= 4 is 15.8 Å². The van der Waals surface area contributed by atoms with Crippen LogP contribution in [0.15, 0.2) is 40.9 Å². The molecule has 0 saturated carbocycles. The number of nitrogens with one attached hydrogen (secondary N) is 1. The predicted molar refractivity (Wildman–Crippen MR) is 99.3 cm³/mol. The topological polar surface area (TPSA) is 66.5 Å². The number of hydrogen-bond acceptors (Lipinski definition) is 4. The minimum absolute atomic E-state index is 0.0183. The van der Waals surface area contributed by atoms with Crippen LogP contribution in [0.25, 0.3) is 0 Å². The lowest BCUT2D eigenvalue weighted by Crippen LogP contribution is -2.56. The summed E-state index contributed by atoms with van der Waals surface area (Å²) in [6.07, 6.45) is 5.27. The van der Waals surface area contributed by atoms with E-state index in [1.807, 2.05) is 20.8 Å². The van der Waals surface area contributed by atoms with E-state index in [4.69, 9.17) is 0 Å². The predicted octanol–water partition coefficient (Wildman–Crippen LogP) is 3.71. The number of hydrogen-bond donors (Lipinski definition) is 1. The summed E-state index contributed by atoms with van der Waals surface area (Å²) in [6, 6.07) is 6.71. The van der Waals surface area contributed by atoms with Crippen molar-refractivity contribution in [1.29, 1.82) is 0 Å². The minimum Gasteiger partial charge on any atom is -0.292 e.